The molecule has 0 saturated heterocycles. The zero-order chi connectivity index (χ0) is 30.2. The Morgan fingerprint density at radius 2 is 1.81 bits per heavy atom. The van der Waals surface area contributed by atoms with Gasteiger partial charge in [-0.05, 0) is 61.4 Å². The van der Waals surface area contributed by atoms with Crippen molar-refractivity contribution in [2.75, 3.05) is 5.32 Å². The molecule has 9 nitrogen and oxygen atoms in total. The van der Waals surface area contributed by atoms with Gasteiger partial charge in [-0.15, -0.1) is 0 Å². The van der Waals surface area contributed by atoms with Gasteiger partial charge in [0.25, 0.3) is 17.2 Å². The fourth-order valence-electron chi connectivity index (χ4n) is 4.99. The molecule has 0 saturated carbocycles. The lowest BCUT2D eigenvalue weighted by Crippen LogP contribution is -2.40. The summed E-state index contributed by atoms with van der Waals surface area (Å²) in [6, 6.07) is 21.6. The number of benzene rings is 3. The minimum atomic E-state index is -0.859. The number of aryl methyl sites for hydroxylation is 1. The maximum Gasteiger partial charge on any atom is 0.271 e. The molecule has 214 valence electrons. The van der Waals surface area contributed by atoms with Gasteiger partial charge in [-0.1, -0.05) is 47.7 Å². The minimum absolute atomic E-state index is 0.0601. The zero-order valence-corrected chi connectivity index (χ0v) is 23.7. The molecule has 3 aromatic carbocycles. The Bertz CT molecular complexity index is 2110. The van der Waals surface area contributed by atoms with E-state index in [1.54, 1.807) is 67.6 Å². The van der Waals surface area contributed by atoms with E-state index < -0.39 is 28.2 Å². The van der Waals surface area contributed by atoms with Crippen molar-refractivity contribution >= 4 is 34.7 Å². The van der Waals surface area contributed by atoms with E-state index in [0.29, 0.717) is 43.4 Å². The molecule has 1 aliphatic rings. The van der Waals surface area contributed by atoms with Crippen LogP contribution in [-0.2, 0) is 4.79 Å². The number of carbonyl (C=O) groups excluding carboxylic acids is 1. The van der Waals surface area contributed by atoms with Crippen molar-refractivity contribution in [3.63, 3.8) is 0 Å². The predicted molar refractivity (Wildman–Crippen MR) is 161 cm³/mol. The number of para-hydroxylation sites is 1. The monoisotopic (exact) mass is 594 g/mol. The number of hydrogen-bond donors (Lipinski definition) is 1. The number of nitro groups is 1. The molecule has 43 heavy (non-hydrogen) atoms. The maximum atomic E-state index is 13.9. The summed E-state index contributed by atoms with van der Waals surface area (Å²) in [5.41, 5.74) is 2.71. The third kappa shape index (κ3) is 5.33. The van der Waals surface area contributed by atoms with Crippen LogP contribution in [0.5, 0.6) is 0 Å². The molecule has 1 aliphatic heterocycles. The molecule has 1 atom stereocenters. The van der Waals surface area contributed by atoms with Crippen molar-refractivity contribution in [2.45, 2.75) is 19.9 Å². The van der Waals surface area contributed by atoms with Crippen LogP contribution in [0.15, 0.2) is 110 Å². The van der Waals surface area contributed by atoms with Gasteiger partial charge in [-0.25, -0.2) is 9.38 Å². The third-order valence-corrected chi connectivity index (χ3v) is 8.06. The SMILES string of the molecule is CC1=C(C(=O)Nc2ccccc2)C(c2ccc(F)cc2)n2c(s/c(=C\c3ccc(-c4cc([N+](=O)[O-])ccc4C)o3)c2=O)=N1. The Balaban J connectivity index is 1.44. The summed E-state index contributed by atoms with van der Waals surface area (Å²) in [5.74, 6) is -0.0961. The van der Waals surface area contributed by atoms with Gasteiger partial charge < -0.3 is 9.73 Å². The Morgan fingerprint density at radius 3 is 2.53 bits per heavy atom. The molecule has 0 radical (unpaired) electrons. The summed E-state index contributed by atoms with van der Waals surface area (Å²) in [7, 11) is 0. The van der Waals surface area contributed by atoms with Crippen LogP contribution in [0.25, 0.3) is 17.4 Å². The van der Waals surface area contributed by atoms with Crippen LogP contribution in [0.3, 0.4) is 0 Å². The molecule has 5 aromatic rings. The van der Waals surface area contributed by atoms with Crippen molar-refractivity contribution in [1.29, 1.82) is 0 Å². The van der Waals surface area contributed by atoms with Crippen LogP contribution in [0.1, 0.15) is 29.9 Å². The first-order chi connectivity index (χ1) is 20.7. The number of allylic oxidation sites excluding steroid dienone is 1. The Morgan fingerprint density at radius 1 is 1.07 bits per heavy atom. The van der Waals surface area contributed by atoms with Gasteiger partial charge in [0.1, 0.15) is 17.3 Å². The average Bonchev–Trinajstić information content (AvgIpc) is 3.57. The molecule has 1 N–H and O–H groups in total. The number of nitrogens with one attached hydrogen (secondary N) is 1. The standard InChI is InChI=1S/C32H23FN4O5S/c1-18-8-13-23(37(40)41)16-25(18)26-15-14-24(42-26)17-27-31(39)36-29(20-9-11-21(33)12-10-20)28(19(2)34-32(36)43-27)30(38)35-22-6-4-3-5-7-22/h3-17,29H,1-2H3,(H,35,38)/b27-17-. The van der Waals surface area contributed by atoms with E-state index in [-0.39, 0.29) is 11.3 Å². The van der Waals surface area contributed by atoms with Crippen LogP contribution in [0.2, 0.25) is 0 Å². The number of aromatic nitrogens is 1. The van der Waals surface area contributed by atoms with Crippen LogP contribution in [-0.4, -0.2) is 15.4 Å². The number of non-ortho nitro benzene ring substituents is 1. The number of nitrogens with zero attached hydrogens (tertiary/aromatic N) is 3. The largest absolute Gasteiger partial charge is 0.457 e. The molecule has 6 rings (SSSR count). The molecule has 0 spiro atoms. The highest BCUT2D eigenvalue weighted by Gasteiger charge is 2.32. The fourth-order valence-corrected chi connectivity index (χ4v) is 6.01. The van der Waals surface area contributed by atoms with Crippen molar-refractivity contribution in [3.8, 4) is 11.3 Å². The summed E-state index contributed by atoms with van der Waals surface area (Å²) in [5, 5.41) is 14.2. The van der Waals surface area contributed by atoms with E-state index >= 15 is 0 Å². The Labute approximate surface area is 247 Å². The summed E-state index contributed by atoms with van der Waals surface area (Å²) in [4.78, 5) is 43.3. The first kappa shape index (κ1) is 27.7. The molecule has 1 amide bonds. The van der Waals surface area contributed by atoms with Gasteiger partial charge in [0.05, 0.1) is 26.8 Å². The summed E-state index contributed by atoms with van der Waals surface area (Å²) >= 11 is 1.13. The number of hydrogen-bond acceptors (Lipinski definition) is 7. The van der Waals surface area contributed by atoms with Crippen LogP contribution in [0, 0.1) is 22.9 Å². The fraction of sp³-hybridized carbons (Fsp3) is 0.0938. The van der Waals surface area contributed by atoms with E-state index in [9.17, 15) is 24.1 Å². The summed E-state index contributed by atoms with van der Waals surface area (Å²) in [6.07, 6.45) is 1.57. The number of fused-ring (bicyclic) bond motifs is 1. The first-order valence-electron chi connectivity index (χ1n) is 13.2. The second-order valence-corrected chi connectivity index (χ2v) is 10.9. The van der Waals surface area contributed by atoms with Crippen LogP contribution in [0.4, 0.5) is 15.8 Å². The van der Waals surface area contributed by atoms with Gasteiger partial charge in [0, 0.05) is 29.5 Å². The number of halogens is 1. The quantitative estimate of drug-likeness (QED) is 0.206. The van der Waals surface area contributed by atoms with Crippen molar-refractivity contribution in [1.82, 2.24) is 4.57 Å². The van der Waals surface area contributed by atoms with E-state index in [2.05, 4.69) is 10.3 Å². The van der Waals surface area contributed by atoms with Gasteiger partial charge in [-0.3, -0.25) is 24.3 Å². The number of amides is 1. The van der Waals surface area contributed by atoms with Gasteiger partial charge in [-0.2, -0.15) is 0 Å². The highest BCUT2D eigenvalue weighted by atomic mass is 32.1. The Hall–Kier alpha value is -5.42. The molecular weight excluding hydrogens is 571 g/mol. The molecular formula is C32H23FN4O5S. The number of rotatable bonds is 6. The van der Waals surface area contributed by atoms with E-state index in [1.165, 1.54) is 28.8 Å². The number of thiazole rings is 1. The molecule has 3 heterocycles. The van der Waals surface area contributed by atoms with Gasteiger partial charge in [0.15, 0.2) is 4.80 Å². The molecule has 1 unspecified atom stereocenters. The molecule has 0 bridgehead atoms. The predicted octanol–water partition coefficient (Wildman–Crippen LogP) is 5.49. The van der Waals surface area contributed by atoms with Crippen LogP contribution < -0.4 is 20.2 Å². The molecule has 2 aromatic heterocycles. The second-order valence-electron chi connectivity index (χ2n) is 9.91. The maximum absolute atomic E-state index is 13.9. The highest BCUT2D eigenvalue weighted by molar-refractivity contribution is 7.07. The number of anilines is 1. The van der Waals surface area contributed by atoms with Gasteiger partial charge in [0.2, 0.25) is 0 Å². The highest BCUT2D eigenvalue weighted by Crippen LogP contribution is 2.32. The number of carbonyl (C=O) groups is 1. The van der Waals surface area contributed by atoms with E-state index in [1.807, 2.05) is 13.0 Å². The zero-order valence-electron chi connectivity index (χ0n) is 22.9. The minimum Gasteiger partial charge on any atom is -0.457 e. The third-order valence-electron chi connectivity index (χ3n) is 7.08. The van der Waals surface area contributed by atoms with E-state index in [0.717, 1.165) is 16.9 Å². The Kier molecular flexibility index (Phi) is 7.16. The second kappa shape index (κ2) is 11.1. The lowest BCUT2D eigenvalue weighted by Gasteiger charge is -2.25. The first-order valence-corrected chi connectivity index (χ1v) is 14.0. The number of nitro benzene ring substituents is 1. The smallest absolute Gasteiger partial charge is 0.271 e. The topological polar surface area (TPSA) is 120 Å². The summed E-state index contributed by atoms with van der Waals surface area (Å²) in [6.45, 7) is 3.52. The van der Waals surface area contributed by atoms with Crippen LogP contribution >= 0.6 is 11.3 Å². The summed E-state index contributed by atoms with van der Waals surface area (Å²) < 4.78 is 21.6. The molecule has 0 fully saturated rings. The van der Waals surface area contributed by atoms with Crippen molar-refractivity contribution < 1.29 is 18.5 Å². The number of furan rings is 1. The lowest BCUT2D eigenvalue weighted by atomic mass is 9.95. The van der Waals surface area contributed by atoms with E-state index in [4.69, 9.17) is 4.42 Å². The average molecular weight is 595 g/mol. The van der Waals surface area contributed by atoms with Crippen molar-refractivity contribution in [3.05, 3.63) is 149 Å². The molecule has 0 aliphatic carbocycles. The van der Waals surface area contributed by atoms with Crippen molar-refractivity contribution in [2.24, 2.45) is 4.99 Å². The normalized spacial score (nSPS) is 14.8. The lowest BCUT2D eigenvalue weighted by molar-refractivity contribution is -0.384. The molecule has 11 heteroatoms. The van der Waals surface area contributed by atoms with Gasteiger partial charge >= 0.3 is 0 Å².